The first-order valence-electron chi connectivity index (χ1n) is 8.12. The van der Waals surface area contributed by atoms with Crippen LogP contribution in [-0.4, -0.2) is 16.1 Å². The maximum atomic E-state index is 10.2. The van der Waals surface area contributed by atoms with Crippen molar-refractivity contribution >= 4 is 11.3 Å². The van der Waals surface area contributed by atoms with Gasteiger partial charge in [0.15, 0.2) is 0 Å². The largest absolute Gasteiger partial charge is 0.467 e. The van der Waals surface area contributed by atoms with E-state index in [1.807, 2.05) is 18.2 Å². The van der Waals surface area contributed by atoms with E-state index in [2.05, 4.69) is 36.7 Å². The van der Waals surface area contributed by atoms with Crippen LogP contribution in [0, 0.1) is 0 Å². The number of aliphatic hydroxyl groups excluding tert-OH is 1. The van der Waals surface area contributed by atoms with Gasteiger partial charge in [-0.05, 0) is 32.4 Å². The fraction of sp³-hybridized carbons (Fsp3) is 0.316. The molecule has 126 valence electrons. The Balaban J connectivity index is 1.58. The maximum Gasteiger partial charge on any atom is 0.132 e. The van der Waals surface area contributed by atoms with Crippen LogP contribution in [0.1, 0.15) is 43.2 Å². The maximum absolute atomic E-state index is 10.2. The van der Waals surface area contributed by atoms with Gasteiger partial charge in [0.05, 0.1) is 18.0 Å². The molecule has 0 aliphatic rings. The predicted octanol–water partition coefficient (Wildman–Crippen LogP) is 4.57. The first-order chi connectivity index (χ1) is 11.6. The summed E-state index contributed by atoms with van der Waals surface area (Å²) >= 11 is 1.66. The Hall–Kier alpha value is -1.95. The van der Waals surface area contributed by atoms with E-state index >= 15 is 0 Å². The molecule has 4 nitrogen and oxygen atoms in total. The lowest BCUT2D eigenvalue weighted by Gasteiger charge is -2.20. The van der Waals surface area contributed by atoms with Crippen LogP contribution < -0.4 is 5.32 Å². The average Bonchev–Trinajstić information content (AvgIpc) is 3.27. The molecular formula is C19H22N2O2S. The first-order valence-corrected chi connectivity index (χ1v) is 9.00. The van der Waals surface area contributed by atoms with E-state index in [-0.39, 0.29) is 12.1 Å². The predicted molar refractivity (Wildman–Crippen MR) is 96.8 cm³/mol. The van der Waals surface area contributed by atoms with Crippen molar-refractivity contribution in [2.45, 2.75) is 38.5 Å². The molecule has 3 unspecified atom stereocenters. The van der Waals surface area contributed by atoms with E-state index in [1.165, 1.54) is 0 Å². The lowest BCUT2D eigenvalue weighted by Crippen LogP contribution is -2.30. The third-order valence-corrected chi connectivity index (χ3v) is 4.97. The molecular weight excluding hydrogens is 320 g/mol. The monoisotopic (exact) mass is 342 g/mol. The van der Waals surface area contributed by atoms with Crippen molar-refractivity contribution in [3.63, 3.8) is 0 Å². The van der Waals surface area contributed by atoms with Crippen LogP contribution >= 0.6 is 11.3 Å². The van der Waals surface area contributed by atoms with Crippen molar-refractivity contribution in [2.75, 3.05) is 0 Å². The van der Waals surface area contributed by atoms with Gasteiger partial charge < -0.3 is 14.8 Å². The zero-order chi connectivity index (χ0) is 16.9. The van der Waals surface area contributed by atoms with Gasteiger partial charge in [0.2, 0.25) is 0 Å². The van der Waals surface area contributed by atoms with E-state index < -0.39 is 6.10 Å². The van der Waals surface area contributed by atoms with Crippen molar-refractivity contribution < 1.29 is 9.52 Å². The summed E-state index contributed by atoms with van der Waals surface area (Å²) in [6, 6.07) is 14.1. The smallest absolute Gasteiger partial charge is 0.132 e. The molecule has 5 heteroatoms. The topological polar surface area (TPSA) is 58.3 Å². The molecule has 0 bridgehead atoms. The van der Waals surface area contributed by atoms with Gasteiger partial charge >= 0.3 is 0 Å². The van der Waals surface area contributed by atoms with Gasteiger partial charge in [0.25, 0.3) is 0 Å². The second-order valence-corrected chi connectivity index (χ2v) is 6.88. The van der Waals surface area contributed by atoms with Gasteiger partial charge in [-0.3, -0.25) is 0 Å². The van der Waals surface area contributed by atoms with Crippen molar-refractivity contribution in [3.8, 4) is 11.3 Å². The van der Waals surface area contributed by atoms with Crippen LogP contribution in [0.4, 0.5) is 0 Å². The molecule has 0 aliphatic heterocycles. The van der Waals surface area contributed by atoms with E-state index in [0.29, 0.717) is 12.2 Å². The highest BCUT2D eigenvalue weighted by Gasteiger charge is 2.18. The zero-order valence-corrected chi connectivity index (χ0v) is 14.7. The minimum atomic E-state index is -0.592. The number of aliphatic hydroxyl groups is 1. The summed E-state index contributed by atoms with van der Waals surface area (Å²) in [6.07, 6.45) is 1.58. The molecule has 0 saturated heterocycles. The molecule has 0 radical (unpaired) electrons. The summed E-state index contributed by atoms with van der Waals surface area (Å²) in [7, 11) is 0. The SMILES string of the molecule is CC(CC(O)c1ccco1)NC(C)c1nc(-c2ccccc2)cs1. The molecule has 0 saturated carbocycles. The second kappa shape index (κ2) is 7.75. The van der Waals surface area contributed by atoms with Gasteiger partial charge in [-0.25, -0.2) is 4.98 Å². The highest BCUT2D eigenvalue weighted by atomic mass is 32.1. The Labute approximate surface area is 146 Å². The van der Waals surface area contributed by atoms with E-state index in [4.69, 9.17) is 9.40 Å². The van der Waals surface area contributed by atoms with Crippen LogP contribution in [-0.2, 0) is 0 Å². The summed E-state index contributed by atoms with van der Waals surface area (Å²) in [5.74, 6) is 0.608. The Kier molecular flexibility index (Phi) is 5.45. The summed E-state index contributed by atoms with van der Waals surface area (Å²) in [5, 5.41) is 16.8. The summed E-state index contributed by atoms with van der Waals surface area (Å²) < 4.78 is 5.25. The van der Waals surface area contributed by atoms with Gasteiger partial charge in [-0.1, -0.05) is 30.3 Å². The molecule has 3 aromatic rings. The number of hydrogen-bond acceptors (Lipinski definition) is 5. The highest BCUT2D eigenvalue weighted by Crippen LogP contribution is 2.26. The quantitative estimate of drug-likeness (QED) is 0.660. The molecule has 1 aromatic carbocycles. The molecule has 3 rings (SSSR count). The lowest BCUT2D eigenvalue weighted by atomic mass is 10.1. The highest BCUT2D eigenvalue weighted by molar-refractivity contribution is 7.10. The summed E-state index contributed by atoms with van der Waals surface area (Å²) in [4.78, 5) is 4.74. The zero-order valence-electron chi connectivity index (χ0n) is 13.8. The Morgan fingerprint density at radius 2 is 1.96 bits per heavy atom. The van der Waals surface area contributed by atoms with Crippen LogP contribution in [0.3, 0.4) is 0 Å². The van der Waals surface area contributed by atoms with Crippen LogP contribution in [0.2, 0.25) is 0 Å². The summed E-state index contributed by atoms with van der Waals surface area (Å²) in [5.41, 5.74) is 2.14. The molecule has 0 fully saturated rings. The number of hydrogen-bond donors (Lipinski definition) is 2. The van der Waals surface area contributed by atoms with Crippen LogP contribution in [0.5, 0.6) is 0 Å². The van der Waals surface area contributed by atoms with E-state index in [0.717, 1.165) is 16.3 Å². The third-order valence-electron chi connectivity index (χ3n) is 3.94. The number of benzene rings is 1. The number of aromatic nitrogens is 1. The van der Waals surface area contributed by atoms with Crippen LogP contribution in [0.25, 0.3) is 11.3 Å². The van der Waals surface area contributed by atoms with E-state index in [1.54, 1.807) is 29.7 Å². The molecule has 24 heavy (non-hydrogen) atoms. The molecule has 2 heterocycles. The normalized spacial score (nSPS) is 15.1. The molecule has 3 atom stereocenters. The van der Waals surface area contributed by atoms with Gasteiger partial charge in [0.1, 0.15) is 16.9 Å². The third kappa shape index (κ3) is 4.12. The number of thiazole rings is 1. The fourth-order valence-corrected chi connectivity index (χ4v) is 3.57. The van der Waals surface area contributed by atoms with Gasteiger partial charge in [-0.2, -0.15) is 0 Å². The Bertz CT molecular complexity index is 740. The van der Waals surface area contributed by atoms with Crippen molar-refractivity contribution in [1.29, 1.82) is 0 Å². The second-order valence-electron chi connectivity index (χ2n) is 5.99. The van der Waals surface area contributed by atoms with Crippen molar-refractivity contribution in [1.82, 2.24) is 10.3 Å². The number of furan rings is 1. The van der Waals surface area contributed by atoms with Crippen LogP contribution in [0.15, 0.2) is 58.5 Å². The summed E-state index contributed by atoms with van der Waals surface area (Å²) in [6.45, 7) is 4.16. The molecule has 2 N–H and O–H groups in total. The molecule has 2 aromatic heterocycles. The standard InChI is InChI=1S/C19H22N2O2S/c1-13(11-17(22)18-9-6-10-23-18)20-14(2)19-21-16(12-24-19)15-7-4-3-5-8-15/h3-10,12-14,17,20,22H,11H2,1-2H3. The molecule has 0 aliphatic carbocycles. The Morgan fingerprint density at radius 1 is 1.17 bits per heavy atom. The molecule has 0 spiro atoms. The fourth-order valence-electron chi connectivity index (χ4n) is 2.73. The number of nitrogens with zero attached hydrogens (tertiary/aromatic N) is 1. The number of nitrogens with one attached hydrogen (secondary N) is 1. The first kappa shape index (κ1) is 16.9. The lowest BCUT2D eigenvalue weighted by molar-refractivity contribution is 0.127. The molecule has 0 amide bonds. The Morgan fingerprint density at radius 3 is 2.67 bits per heavy atom. The van der Waals surface area contributed by atoms with Gasteiger partial charge in [0, 0.05) is 17.0 Å². The van der Waals surface area contributed by atoms with Crippen molar-refractivity contribution in [2.24, 2.45) is 0 Å². The van der Waals surface area contributed by atoms with E-state index in [9.17, 15) is 5.11 Å². The van der Waals surface area contributed by atoms with Gasteiger partial charge in [-0.15, -0.1) is 11.3 Å². The average molecular weight is 342 g/mol. The number of rotatable bonds is 7. The van der Waals surface area contributed by atoms with Crippen molar-refractivity contribution in [3.05, 3.63) is 64.9 Å². The minimum Gasteiger partial charge on any atom is -0.467 e. The minimum absolute atomic E-state index is 0.131.